The largest absolute Gasteiger partial charge is 0.377 e. The van der Waals surface area contributed by atoms with Crippen LogP contribution in [0, 0.1) is 33.5 Å². The van der Waals surface area contributed by atoms with Crippen LogP contribution in [-0.4, -0.2) is 49.3 Å². The fourth-order valence-electron chi connectivity index (χ4n) is 5.00. The van der Waals surface area contributed by atoms with E-state index in [1.165, 1.54) is 16.4 Å². The Bertz CT molecular complexity index is 1360. The highest BCUT2D eigenvalue weighted by atomic mass is 32.2. The van der Waals surface area contributed by atoms with Gasteiger partial charge in [0, 0.05) is 24.6 Å². The van der Waals surface area contributed by atoms with Crippen LogP contribution < -0.4 is 0 Å². The van der Waals surface area contributed by atoms with Crippen LogP contribution in [0.15, 0.2) is 52.7 Å². The first-order chi connectivity index (χ1) is 18.0. The van der Waals surface area contributed by atoms with Gasteiger partial charge in [0.25, 0.3) is 0 Å². The highest BCUT2D eigenvalue weighted by Crippen LogP contribution is 2.27. The molecule has 204 valence electrons. The molecule has 1 fully saturated rings. The molecule has 0 N–H and O–H groups in total. The molecular formula is C29H35FN2O4S2. The molecule has 0 spiro atoms. The summed E-state index contributed by atoms with van der Waals surface area (Å²) in [5.41, 5.74) is 4.14. The van der Waals surface area contributed by atoms with E-state index >= 15 is 0 Å². The highest BCUT2D eigenvalue weighted by Gasteiger charge is 2.34. The first-order valence-electron chi connectivity index (χ1n) is 12.8. The van der Waals surface area contributed by atoms with Crippen LogP contribution in [-0.2, 0) is 32.6 Å². The normalized spacial score (nSPS) is 15.8. The Morgan fingerprint density at radius 3 is 2.29 bits per heavy atom. The second-order valence-electron chi connectivity index (χ2n) is 10.1. The topological polar surface area (TPSA) is 66.9 Å². The van der Waals surface area contributed by atoms with E-state index in [1.54, 1.807) is 42.2 Å². The molecule has 1 aliphatic heterocycles. The van der Waals surface area contributed by atoms with Gasteiger partial charge in [0.05, 0.1) is 24.1 Å². The molecule has 6 nitrogen and oxygen atoms in total. The number of thiophene rings is 1. The number of carbonyl (C=O) groups is 1. The standard InChI is InChI=1S/C29H35FN2O4S2/c1-20-14-22(3)29(23(4)15-20)38(34,35)32(17-26-6-5-12-36-26)19-28(33)31(18-27-21(2)11-13-37-27)16-24-7-9-25(30)10-8-24/h7-11,13-15,26H,5-6,12,16-19H2,1-4H3. The van der Waals surface area contributed by atoms with Crippen molar-refractivity contribution in [3.8, 4) is 0 Å². The first-order valence-corrected chi connectivity index (χ1v) is 15.1. The van der Waals surface area contributed by atoms with Gasteiger partial charge in [-0.3, -0.25) is 4.79 Å². The predicted octanol–water partition coefficient (Wildman–Crippen LogP) is 5.52. The monoisotopic (exact) mass is 558 g/mol. The average molecular weight is 559 g/mol. The van der Waals surface area contributed by atoms with Crippen LogP contribution in [0.3, 0.4) is 0 Å². The molecule has 0 bridgehead atoms. The van der Waals surface area contributed by atoms with E-state index in [9.17, 15) is 17.6 Å². The molecule has 1 amide bonds. The summed E-state index contributed by atoms with van der Waals surface area (Å²) in [5, 5.41) is 1.97. The Balaban J connectivity index is 1.66. The van der Waals surface area contributed by atoms with Crippen molar-refractivity contribution >= 4 is 27.3 Å². The van der Waals surface area contributed by atoms with Gasteiger partial charge in [-0.25, -0.2) is 12.8 Å². The summed E-state index contributed by atoms with van der Waals surface area (Å²) in [6.07, 6.45) is 1.36. The van der Waals surface area contributed by atoms with Gasteiger partial charge in [0.2, 0.25) is 15.9 Å². The lowest BCUT2D eigenvalue weighted by atomic mass is 10.1. The Kier molecular flexibility index (Phi) is 9.03. The van der Waals surface area contributed by atoms with Gasteiger partial charge >= 0.3 is 0 Å². The molecule has 9 heteroatoms. The second-order valence-corrected chi connectivity index (χ2v) is 12.9. The Morgan fingerprint density at radius 2 is 1.71 bits per heavy atom. The second kappa shape index (κ2) is 12.1. The SMILES string of the molecule is Cc1cc(C)c(S(=O)(=O)N(CC(=O)N(Cc2ccc(F)cc2)Cc2sccc2C)CC2CCCO2)c(C)c1. The van der Waals surface area contributed by atoms with Crippen molar-refractivity contribution in [2.24, 2.45) is 0 Å². The molecule has 4 rings (SSSR count). The summed E-state index contributed by atoms with van der Waals surface area (Å²) in [5.74, 6) is -0.662. The number of halogens is 1. The summed E-state index contributed by atoms with van der Waals surface area (Å²) in [4.78, 5) is 16.8. The van der Waals surface area contributed by atoms with Crippen molar-refractivity contribution in [3.05, 3.63) is 86.4 Å². The summed E-state index contributed by atoms with van der Waals surface area (Å²) in [7, 11) is -3.99. The number of sulfonamides is 1. The van der Waals surface area contributed by atoms with Gasteiger partial charge in [-0.15, -0.1) is 11.3 Å². The molecule has 1 saturated heterocycles. The molecule has 3 aromatic rings. The quantitative estimate of drug-likeness (QED) is 0.329. The third-order valence-electron chi connectivity index (χ3n) is 6.89. The van der Waals surface area contributed by atoms with E-state index in [-0.39, 0.29) is 42.4 Å². The minimum Gasteiger partial charge on any atom is -0.377 e. The van der Waals surface area contributed by atoms with E-state index in [1.807, 2.05) is 37.4 Å². The molecule has 0 saturated carbocycles. The van der Waals surface area contributed by atoms with Gasteiger partial charge in [0.15, 0.2) is 0 Å². The van der Waals surface area contributed by atoms with Crippen molar-refractivity contribution in [1.82, 2.24) is 9.21 Å². The van der Waals surface area contributed by atoms with Gasteiger partial charge in [-0.05, 0) is 86.4 Å². The minimum atomic E-state index is -3.99. The number of benzene rings is 2. The molecule has 2 heterocycles. The summed E-state index contributed by atoms with van der Waals surface area (Å²) < 4.78 is 48.7. The van der Waals surface area contributed by atoms with Crippen molar-refractivity contribution < 1.29 is 22.3 Å². The van der Waals surface area contributed by atoms with Gasteiger partial charge in [-0.2, -0.15) is 4.31 Å². The molecule has 38 heavy (non-hydrogen) atoms. The first kappa shape index (κ1) is 28.4. The average Bonchev–Trinajstić information content (AvgIpc) is 3.50. The lowest BCUT2D eigenvalue weighted by Gasteiger charge is -2.29. The number of hydrogen-bond donors (Lipinski definition) is 0. The Labute approximate surface area is 229 Å². The molecule has 1 unspecified atom stereocenters. The lowest BCUT2D eigenvalue weighted by molar-refractivity contribution is -0.132. The Morgan fingerprint density at radius 1 is 1.03 bits per heavy atom. The van der Waals surface area contributed by atoms with Crippen LogP contribution in [0.2, 0.25) is 0 Å². The minimum absolute atomic E-state index is 0.114. The number of rotatable bonds is 10. The zero-order chi connectivity index (χ0) is 27.4. The number of ether oxygens (including phenoxy) is 1. The molecule has 1 aromatic heterocycles. The van der Waals surface area contributed by atoms with E-state index in [0.717, 1.165) is 34.4 Å². The summed E-state index contributed by atoms with van der Waals surface area (Å²) in [6.45, 7) is 8.49. The van der Waals surface area contributed by atoms with Gasteiger partial charge in [0.1, 0.15) is 5.82 Å². The molecule has 0 radical (unpaired) electrons. The molecule has 2 aromatic carbocycles. The third kappa shape index (κ3) is 6.69. The predicted molar refractivity (Wildman–Crippen MR) is 148 cm³/mol. The fraction of sp³-hybridized carbons (Fsp3) is 0.414. The fourth-order valence-corrected chi connectivity index (χ4v) is 7.75. The van der Waals surface area contributed by atoms with Crippen LogP contribution >= 0.6 is 11.3 Å². The van der Waals surface area contributed by atoms with Crippen LogP contribution in [0.5, 0.6) is 0 Å². The number of amides is 1. The maximum Gasteiger partial charge on any atom is 0.244 e. The molecule has 1 atom stereocenters. The highest BCUT2D eigenvalue weighted by molar-refractivity contribution is 7.89. The summed E-state index contributed by atoms with van der Waals surface area (Å²) in [6, 6.07) is 11.7. The number of carbonyl (C=O) groups excluding carboxylic acids is 1. The zero-order valence-corrected chi connectivity index (χ0v) is 24.0. The van der Waals surface area contributed by atoms with Crippen LogP contribution in [0.25, 0.3) is 0 Å². The smallest absolute Gasteiger partial charge is 0.244 e. The van der Waals surface area contributed by atoms with Gasteiger partial charge < -0.3 is 9.64 Å². The van der Waals surface area contributed by atoms with Crippen molar-refractivity contribution in [3.63, 3.8) is 0 Å². The van der Waals surface area contributed by atoms with Crippen LogP contribution in [0.1, 0.15) is 45.5 Å². The van der Waals surface area contributed by atoms with E-state index < -0.39 is 10.0 Å². The zero-order valence-electron chi connectivity index (χ0n) is 22.4. The molecule has 0 aliphatic carbocycles. The Hall–Kier alpha value is -2.59. The van der Waals surface area contributed by atoms with E-state index in [2.05, 4.69) is 0 Å². The van der Waals surface area contributed by atoms with Gasteiger partial charge in [-0.1, -0.05) is 29.8 Å². The van der Waals surface area contributed by atoms with E-state index in [0.29, 0.717) is 24.3 Å². The number of hydrogen-bond acceptors (Lipinski definition) is 5. The van der Waals surface area contributed by atoms with Crippen molar-refractivity contribution in [1.29, 1.82) is 0 Å². The summed E-state index contributed by atoms with van der Waals surface area (Å²) >= 11 is 1.56. The maximum atomic E-state index is 14.1. The van der Waals surface area contributed by atoms with Crippen molar-refractivity contribution in [2.75, 3.05) is 19.7 Å². The molecule has 1 aliphatic rings. The van der Waals surface area contributed by atoms with Crippen molar-refractivity contribution in [2.45, 2.75) is 64.6 Å². The number of nitrogens with zero attached hydrogens (tertiary/aromatic N) is 2. The van der Waals surface area contributed by atoms with Crippen LogP contribution in [0.4, 0.5) is 4.39 Å². The number of aryl methyl sites for hydroxylation is 4. The third-order valence-corrected chi connectivity index (χ3v) is 10.0. The lowest BCUT2D eigenvalue weighted by Crippen LogP contribution is -2.45. The maximum absolute atomic E-state index is 14.1. The molecular weight excluding hydrogens is 523 g/mol. The van der Waals surface area contributed by atoms with E-state index in [4.69, 9.17) is 4.74 Å².